The van der Waals surface area contributed by atoms with Gasteiger partial charge in [0.2, 0.25) is 0 Å². The van der Waals surface area contributed by atoms with Crippen LogP contribution in [0.3, 0.4) is 0 Å². The first-order valence-electron chi connectivity index (χ1n) is 4.87. The van der Waals surface area contributed by atoms with Crippen LogP contribution in [-0.2, 0) is 0 Å². The highest BCUT2D eigenvalue weighted by atomic mass is 79.9. The Labute approximate surface area is 91.3 Å². The molecule has 0 saturated heterocycles. The summed E-state index contributed by atoms with van der Waals surface area (Å²) in [5.74, 6) is 0.343. The van der Waals surface area contributed by atoms with E-state index in [-0.39, 0.29) is 6.42 Å². The van der Waals surface area contributed by atoms with E-state index in [9.17, 15) is 13.9 Å². The average molecular weight is 269 g/mol. The second-order valence-electron chi connectivity index (χ2n) is 3.87. The number of halogens is 3. The molecular weight excluding hydrogens is 254 g/mol. The third kappa shape index (κ3) is 2.54. The zero-order chi connectivity index (χ0) is 10.8. The van der Waals surface area contributed by atoms with Crippen LogP contribution >= 0.6 is 15.9 Å². The van der Waals surface area contributed by atoms with Crippen LogP contribution in [0, 0.1) is 5.92 Å². The smallest absolute Gasteiger partial charge is 0.332 e. The van der Waals surface area contributed by atoms with Gasteiger partial charge >= 0.3 is 4.83 Å². The lowest BCUT2D eigenvalue weighted by molar-refractivity contribution is -0.0925. The number of allylic oxidation sites excluding steroid dienone is 1. The second kappa shape index (κ2) is 4.27. The van der Waals surface area contributed by atoms with Crippen LogP contribution in [0.25, 0.3) is 0 Å². The molecule has 1 aliphatic carbocycles. The SMILES string of the molecule is CCCC1C=CC(O)(C(F)(F)Br)CC1. The summed E-state index contributed by atoms with van der Waals surface area (Å²) in [5.41, 5.74) is -2.00. The topological polar surface area (TPSA) is 20.2 Å². The van der Waals surface area contributed by atoms with Crippen LogP contribution in [0.1, 0.15) is 32.6 Å². The van der Waals surface area contributed by atoms with Crippen LogP contribution in [0.4, 0.5) is 8.78 Å². The highest BCUT2D eigenvalue weighted by molar-refractivity contribution is 9.10. The Bertz CT molecular complexity index is 225. The van der Waals surface area contributed by atoms with Crippen molar-refractivity contribution >= 4 is 15.9 Å². The monoisotopic (exact) mass is 268 g/mol. The van der Waals surface area contributed by atoms with Crippen LogP contribution in [-0.4, -0.2) is 15.5 Å². The molecule has 0 aromatic heterocycles. The average Bonchev–Trinajstić information content (AvgIpc) is 2.08. The molecule has 0 aliphatic heterocycles. The van der Waals surface area contributed by atoms with E-state index < -0.39 is 10.4 Å². The van der Waals surface area contributed by atoms with Crippen LogP contribution in [0.5, 0.6) is 0 Å². The van der Waals surface area contributed by atoms with Crippen molar-refractivity contribution in [3.05, 3.63) is 12.2 Å². The zero-order valence-corrected chi connectivity index (χ0v) is 9.73. The van der Waals surface area contributed by atoms with Gasteiger partial charge in [-0.3, -0.25) is 0 Å². The van der Waals surface area contributed by atoms with Gasteiger partial charge in [-0.15, -0.1) is 0 Å². The van der Waals surface area contributed by atoms with E-state index in [1.807, 2.05) is 0 Å². The van der Waals surface area contributed by atoms with Crippen molar-refractivity contribution in [1.82, 2.24) is 0 Å². The number of hydrogen-bond acceptors (Lipinski definition) is 1. The van der Waals surface area contributed by atoms with Crippen molar-refractivity contribution in [2.75, 3.05) is 0 Å². The highest BCUT2D eigenvalue weighted by Crippen LogP contribution is 2.42. The normalized spacial score (nSPS) is 33.4. The van der Waals surface area contributed by atoms with Gasteiger partial charge < -0.3 is 5.11 Å². The van der Waals surface area contributed by atoms with Gasteiger partial charge in [-0.05, 0) is 47.2 Å². The molecule has 2 unspecified atom stereocenters. The standard InChI is InChI=1S/C10H15BrF2O/c1-2-3-8-4-6-9(14,7-5-8)10(11,12)13/h4,6,8,14H,2-3,5,7H2,1H3. The van der Waals surface area contributed by atoms with Crippen molar-refractivity contribution in [3.63, 3.8) is 0 Å². The van der Waals surface area contributed by atoms with E-state index in [1.54, 1.807) is 6.08 Å². The minimum atomic E-state index is -3.23. The molecule has 1 nitrogen and oxygen atoms in total. The van der Waals surface area contributed by atoms with Gasteiger partial charge in [0.1, 0.15) is 0 Å². The van der Waals surface area contributed by atoms with E-state index in [4.69, 9.17) is 0 Å². The fourth-order valence-corrected chi connectivity index (χ4v) is 2.06. The molecule has 0 aromatic rings. The molecule has 1 rings (SSSR count). The molecule has 0 spiro atoms. The Morgan fingerprint density at radius 2 is 2.29 bits per heavy atom. The minimum Gasteiger partial charge on any atom is -0.378 e. The molecule has 0 radical (unpaired) electrons. The third-order valence-electron chi connectivity index (χ3n) is 2.69. The Kier molecular flexibility index (Phi) is 3.69. The lowest BCUT2D eigenvalue weighted by atomic mass is 9.83. The molecule has 0 amide bonds. The van der Waals surface area contributed by atoms with E-state index in [0.717, 1.165) is 12.8 Å². The second-order valence-corrected chi connectivity index (χ2v) is 4.86. The van der Waals surface area contributed by atoms with Crippen molar-refractivity contribution in [2.24, 2.45) is 5.92 Å². The van der Waals surface area contributed by atoms with Crippen LogP contribution in [0.2, 0.25) is 0 Å². The summed E-state index contributed by atoms with van der Waals surface area (Å²) in [6, 6.07) is 0. The zero-order valence-electron chi connectivity index (χ0n) is 8.14. The van der Waals surface area contributed by atoms with Gasteiger partial charge in [0.15, 0.2) is 5.60 Å². The van der Waals surface area contributed by atoms with Crippen molar-refractivity contribution in [1.29, 1.82) is 0 Å². The molecule has 0 aromatic carbocycles. The number of rotatable bonds is 3. The number of hydrogen-bond donors (Lipinski definition) is 1. The summed E-state index contributed by atoms with van der Waals surface area (Å²) in [5, 5.41) is 9.61. The van der Waals surface area contributed by atoms with Gasteiger partial charge in [0.25, 0.3) is 0 Å². The predicted octanol–water partition coefficient (Wildman–Crippen LogP) is 3.47. The quantitative estimate of drug-likeness (QED) is 0.614. The van der Waals surface area contributed by atoms with Crippen molar-refractivity contribution in [3.8, 4) is 0 Å². The molecule has 2 atom stereocenters. The largest absolute Gasteiger partial charge is 0.378 e. The van der Waals surface area contributed by atoms with Gasteiger partial charge in [-0.25, -0.2) is 0 Å². The first-order valence-corrected chi connectivity index (χ1v) is 5.67. The maximum atomic E-state index is 12.9. The summed E-state index contributed by atoms with van der Waals surface area (Å²) in [6.07, 6.45) is 5.74. The Morgan fingerprint density at radius 3 is 2.64 bits per heavy atom. The molecule has 1 N–H and O–H groups in total. The van der Waals surface area contributed by atoms with Gasteiger partial charge in [-0.1, -0.05) is 19.4 Å². The maximum absolute atomic E-state index is 12.9. The molecule has 0 fully saturated rings. The minimum absolute atomic E-state index is 0.117. The summed E-state index contributed by atoms with van der Waals surface area (Å²) < 4.78 is 25.8. The first-order chi connectivity index (χ1) is 6.39. The Morgan fingerprint density at radius 1 is 1.64 bits per heavy atom. The summed E-state index contributed by atoms with van der Waals surface area (Å²) in [7, 11) is 0. The molecule has 1 aliphatic rings. The first kappa shape index (κ1) is 12.1. The highest BCUT2D eigenvalue weighted by Gasteiger charge is 2.49. The van der Waals surface area contributed by atoms with Crippen molar-refractivity contribution < 1.29 is 13.9 Å². The van der Waals surface area contributed by atoms with Gasteiger partial charge in [-0.2, -0.15) is 8.78 Å². The van der Waals surface area contributed by atoms with Gasteiger partial charge in [0.05, 0.1) is 0 Å². The fourth-order valence-electron chi connectivity index (χ4n) is 1.73. The molecule has 4 heteroatoms. The molecule has 0 heterocycles. The molecule has 0 saturated carbocycles. The predicted molar refractivity (Wildman–Crippen MR) is 55.6 cm³/mol. The summed E-state index contributed by atoms with van der Waals surface area (Å²) >= 11 is 2.22. The Balaban J connectivity index is 2.67. The summed E-state index contributed by atoms with van der Waals surface area (Å²) in [4.78, 5) is -3.23. The summed E-state index contributed by atoms with van der Waals surface area (Å²) in [6.45, 7) is 2.06. The van der Waals surface area contributed by atoms with E-state index >= 15 is 0 Å². The number of aliphatic hydroxyl groups is 1. The van der Waals surface area contributed by atoms with E-state index in [0.29, 0.717) is 12.3 Å². The van der Waals surface area contributed by atoms with Gasteiger partial charge in [0, 0.05) is 0 Å². The van der Waals surface area contributed by atoms with Crippen LogP contribution < -0.4 is 0 Å². The number of alkyl halides is 3. The Hall–Kier alpha value is 0.0400. The van der Waals surface area contributed by atoms with E-state index in [1.165, 1.54) is 6.08 Å². The lowest BCUT2D eigenvalue weighted by Crippen LogP contribution is -2.43. The molecular formula is C10H15BrF2O. The fraction of sp³-hybridized carbons (Fsp3) is 0.800. The molecule has 14 heavy (non-hydrogen) atoms. The lowest BCUT2D eigenvalue weighted by Gasteiger charge is -2.34. The van der Waals surface area contributed by atoms with Crippen LogP contribution in [0.15, 0.2) is 12.2 Å². The maximum Gasteiger partial charge on any atom is 0.332 e. The third-order valence-corrected chi connectivity index (χ3v) is 3.38. The molecule has 82 valence electrons. The van der Waals surface area contributed by atoms with E-state index in [2.05, 4.69) is 22.9 Å². The molecule has 0 bridgehead atoms. The van der Waals surface area contributed by atoms with Crippen molar-refractivity contribution in [2.45, 2.75) is 43.0 Å².